The van der Waals surface area contributed by atoms with Gasteiger partial charge < -0.3 is 4.90 Å². The second-order valence-electron chi connectivity index (χ2n) is 4.98. The maximum atomic E-state index is 12.5. The Morgan fingerprint density at radius 3 is 2.58 bits per heavy atom. The lowest BCUT2D eigenvalue weighted by molar-refractivity contribution is 0.0754. The largest absolute Gasteiger partial charge is 0.334 e. The Labute approximate surface area is 118 Å². The van der Waals surface area contributed by atoms with Gasteiger partial charge in [-0.05, 0) is 35.7 Å². The van der Waals surface area contributed by atoms with Crippen LogP contribution in [-0.2, 0) is 0 Å². The fourth-order valence-electron chi connectivity index (χ4n) is 2.42. The van der Waals surface area contributed by atoms with Crippen molar-refractivity contribution in [1.29, 1.82) is 0 Å². The predicted octanol–water partition coefficient (Wildman–Crippen LogP) is 3.68. The number of hydrogen-bond donors (Lipinski definition) is 0. The molecule has 0 radical (unpaired) electrons. The van der Waals surface area contributed by atoms with Crippen LogP contribution >= 0.6 is 11.6 Å². The van der Waals surface area contributed by atoms with Crippen LogP contribution in [0.1, 0.15) is 23.2 Å². The Morgan fingerprint density at radius 1 is 1.16 bits per heavy atom. The fourth-order valence-corrected chi connectivity index (χ4v) is 2.60. The molecule has 1 saturated carbocycles. The van der Waals surface area contributed by atoms with Crippen LogP contribution in [0, 0.1) is 0 Å². The van der Waals surface area contributed by atoms with E-state index < -0.39 is 0 Å². The van der Waals surface area contributed by atoms with Gasteiger partial charge in [-0.3, -0.25) is 4.79 Å². The van der Waals surface area contributed by atoms with E-state index in [4.69, 9.17) is 11.6 Å². The highest BCUT2D eigenvalue weighted by Crippen LogP contribution is 2.28. The number of nitrogens with zero attached hydrogens (tertiary/aromatic N) is 1. The van der Waals surface area contributed by atoms with Crippen molar-refractivity contribution in [3.63, 3.8) is 0 Å². The van der Waals surface area contributed by atoms with Crippen LogP contribution in [-0.4, -0.2) is 29.3 Å². The summed E-state index contributed by atoms with van der Waals surface area (Å²) in [5.74, 6) is 0.601. The molecule has 2 aromatic rings. The van der Waals surface area contributed by atoms with Crippen LogP contribution in [0.2, 0.25) is 0 Å². The number of benzene rings is 2. The number of carbonyl (C=O) groups excluding carboxylic acids is 1. The molecule has 19 heavy (non-hydrogen) atoms. The molecule has 0 aromatic heterocycles. The number of hydrogen-bond acceptors (Lipinski definition) is 1. The highest BCUT2D eigenvalue weighted by molar-refractivity contribution is 6.18. The first kappa shape index (κ1) is 12.5. The summed E-state index contributed by atoms with van der Waals surface area (Å²) in [6, 6.07) is 14.4. The number of alkyl halides is 1. The van der Waals surface area contributed by atoms with Gasteiger partial charge in [0.25, 0.3) is 5.91 Å². The highest BCUT2D eigenvalue weighted by Gasteiger charge is 2.32. The summed E-state index contributed by atoms with van der Waals surface area (Å²) < 4.78 is 0. The zero-order chi connectivity index (χ0) is 13.2. The van der Waals surface area contributed by atoms with Crippen molar-refractivity contribution >= 4 is 28.3 Å². The van der Waals surface area contributed by atoms with Crippen molar-refractivity contribution in [1.82, 2.24) is 4.90 Å². The fraction of sp³-hybridized carbons (Fsp3) is 0.312. The van der Waals surface area contributed by atoms with Crippen LogP contribution in [0.4, 0.5) is 0 Å². The minimum Gasteiger partial charge on any atom is -0.334 e. The summed E-state index contributed by atoms with van der Waals surface area (Å²) in [4.78, 5) is 14.4. The number of carbonyl (C=O) groups is 1. The summed E-state index contributed by atoms with van der Waals surface area (Å²) in [5, 5.41) is 2.27. The predicted molar refractivity (Wildman–Crippen MR) is 78.7 cm³/mol. The first-order valence-electron chi connectivity index (χ1n) is 6.65. The zero-order valence-electron chi connectivity index (χ0n) is 10.7. The molecule has 2 aromatic carbocycles. The average molecular weight is 274 g/mol. The van der Waals surface area contributed by atoms with Gasteiger partial charge in [0.2, 0.25) is 0 Å². The van der Waals surface area contributed by atoms with Crippen molar-refractivity contribution in [2.24, 2.45) is 0 Å². The van der Waals surface area contributed by atoms with Gasteiger partial charge >= 0.3 is 0 Å². The molecular weight excluding hydrogens is 258 g/mol. The van der Waals surface area contributed by atoms with Crippen molar-refractivity contribution in [2.75, 3.05) is 12.4 Å². The number of rotatable bonds is 4. The van der Waals surface area contributed by atoms with E-state index in [1.165, 1.54) is 0 Å². The molecule has 0 heterocycles. The molecule has 0 atom stereocenters. The summed E-state index contributed by atoms with van der Waals surface area (Å²) >= 11 is 5.80. The minimum absolute atomic E-state index is 0.105. The summed E-state index contributed by atoms with van der Waals surface area (Å²) in [6.07, 6.45) is 2.21. The number of halogens is 1. The first-order valence-corrected chi connectivity index (χ1v) is 7.19. The van der Waals surface area contributed by atoms with Gasteiger partial charge in [-0.15, -0.1) is 11.6 Å². The third kappa shape index (κ3) is 2.59. The molecule has 1 fully saturated rings. The summed E-state index contributed by atoms with van der Waals surface area (Å²) in [7, 11) is 0. The van der Waals surface area contributed by atoms with Crippen LogP contribution in [0.15, 0.2) is 42.5 Å². The number of amides is 1. The molecule has 1 amide bonds. The van der Waals surface area contributed by atoms with Crippen molar-refractivity contribution in [3.05, 3.63) is 48.0 Å². The molecule has 1 aliphatic rings. The minimum atomic E-state index is 0.105. The van der Waals surface area contributed by atoms with E-state index in [0.29, 0.717) is 18.5 Å². The maximum absolute atomic E-state index is 12.5. The molecule has 0 N–H and O–H groups in total. The second kappa shape index (κ2) is 5.22. The van der Waals surface area contributed by atoms with Gasteiger partial charge in [0, 0.05) is 24.0 Å². The topological polar surface area (TPSA) is 20.3 Å². The Kier molecular flexibility index (Phi) is 3.43. The van der Waals surface area contributed by atoms with Crippen molar-refractivity contribution in [3.8, 4) is 0 Å². The van der Waals surface area contributed by atoms with E-state index in [-0.39, 0.29) is 5.91 Å². The Bertz CT molecular complexity index is 606. The lowest BCUT2D eigenvalue weighted by Gasteiger charge is -2.21. The van der Waals surface area contributed by atoms with Crippen LogP contribution in [0.25, 0.3) is 10.8 Å². The quantitative estimate of drug-likeness (QED) is 0.778. The van der Waals surface area contributed by atoms with E-state index in [1.807, 2.05) is 41.3 Å². The molecule has 3 rings (SSSR count). The van der Waals surface area contributed by atoms with Crippen molar-refractivity contribution < 1.29 is 4.79 Å². The Hall–Kier alpha value is -1.54. The molecule has 98 valence electrons. The first-order chi connectivity index (χ1) is 9.29. The molecule has 3 heteroatoms. The van der Waals surface area contributed by atoms with Crippen molar-refractivity contribution in [2.45, 2.75) is 18.9 Å². The third-order valence-corrected chi connectivity index (χ3v) is 3.74. The van der Waals surface area contributed by atoms with Gasteiger partial charge in [-0.1, -0.05) is 30.3 Å². The molecule has 0 aliphatic heterocycles. The summed E-state index contributed by atoms with van der Waals surface area (Å²) in [5.41, 5.74) is 0.760. The number of fused-ring (bicyclic) bond motifs is 1. The van der Waals surface area contributed by atoms with E-state index in [2.05, 4.69) is 6.07 Å². The average Bonchev–Trinajstić information content (AvgIpc) is 3.28. The van der Waals surface area contributed by atoms with Crippen LogP contribution in [0.5, 0.6) is 0 Å². The lowest BCUT2D eigenvalue weighted by atomic mass is 10.1. The Balaban J connectivity index is 1.91. The second-order valence-corrected chi connectivity index (χ2v) is 5.36. The van der Waals surface area contributed by atoms with E-state index in [9.17, 15) is 4.79 Å². The molecule has 1 aliphatic carbocycles. The molecule has 0 unspecified atom stereocenters. The lowest BCUT2D eigenvalue weighted by Crippen LogP contribution is -2.34. The molecule has 2 nitrogen and oxygen atoms in total. The normalized spacial score (nSPS) is 14.6. The zero-order valence-corrected chi connectivity index (χ0v) is 11.4. The monoisotopic (exact) mass is 273 g/mol. The van der Waals surface area contributed by atoms with Gasteiger partial charge in [0.1, 0.15) is 0 Å². The van der Waals surface area contributed by atoms with Gasteiger partial charge in [0.05, 0.1) is 0 Å². The van der Waals surface area contributed by atoms with Crippen LogP contribution in [0.3, 0.4) is 0 Å². The maximum Gasteiger partial charge on any atom is 0.254 e. The molecular formula is C16H16ClNO. The summed E-state index contributed by atoms with van der Waals surface area (Å²) in [6.45, 7) is 0.637. The molecule has 0 spiro atoms. The SMILES string of the molecule is O=C(c1ccc2ccccc2c1)N(CCCl)C1CC1. The standard InChI is InChI=1S/C16H16ClNO/c17-9-10-18(15-7-8-15)16(19)14-6-5-12-3-1-2-4-13(12)11-14/h1-6,11,15H,7-10H2. The highest BCUT2D eigenvalue weighted by atomic mass is 35.5. The van der Waals surface area contributed by atoms with Crippen LogP contribution < -0.4 is 0 Å². The smallest absolute Gasteiger partial charge is 0.254 e. The van der Waals surface area contributed by atoms with E-state index in [1.54, 1.807) is 0 Å². The molecule has 0 saturated heterocycles. The van der Waals surface area contributed by atoms with E-state index in [0.717, 1.165) is 29.2 Å². The van der Waals surface area contributed by atoms with E-state index >= 15 is 0 Å². The molecule has 0 bridgehead atoms. The third-order valence-electron chi connectivity index (χ3n) is 3.57. The van der Waals surface area contributed by atoms with Gasteiger partial charge in [-0.25, -0.2) is 0 Å². The van der Waals surface area contributed by atoms with Gasteiger partial charge in [0.15, 0.2) is 0 Å². The Morgan fingerprint density at radius 2 is 1.89 bits per heavy atom. The van der Waals surface area contributed by atoms with Gasteiger partial charge in [-0.2, -0.15) is 0 Å².